The molecule has 232 valence electrons. The molecule has 2 aliphatic rings. The molecule has 1 saturated heterocycles. The predicted octanol–water partition coefficient (Wildman–Crippen LogP) is 3.76. The Morgan fingerprint density at radius 2 is 2.00 bits per heavy atom. The quantitative estimate of drug-likeness (QED) is 0.244. The minimum absolute atomic E-state index is 0.0726. The second kappa shape index (κ2) is 12.8. The van der Waals surface area contributed by atoms with Gasteiger partial charge in [0.05, 0.1) is 29.8 Å². The van der Waals surface area contributed by atoms with Gasteiger partial charge in [-0.25, -0.2) is 9.97 Å². The molecule has 3 aromatic rings. The molecule has 12 nitrogen and oxygen atoms in total. The summed E-state index contributed by atoms with van der Waals surface area (Å²) in [7, 11) is -1.29. The highest BCUT2D eigenvalue weighted by molar-refractivity contribution is 6.76. The number of hydrogen-bond acceptors (Lipinski definition) is 8. The van der Waals surface area contributed by atoms with E-state index in [1.54, 1.807) is 22.6 Å². The van der Waals surface area contributed by atoms with Crippen molar-refractivity contribution in [2.45, 2.75) is 71.2 Å². The Bertz CT molecular complexity index is 1620. The summed E-state index contributed by atoms with van der Waals surface area (Å²) in [6.45, 7) is 11.5. The standard InChI is InChI=1S/C31H39N7O5Si/c1-19(31(41)37-15-21(13-32)16-37)34-30(40)25-17-38(18-42-10-11-44(3,4)5)29-28(25)36-27(14-33-29)43-23-8-6-22-7-9-26(24(22)12-23)35-20(2)39/h6,8,12,14,17,19,21,26H,7,9-11,15-16,18H2,1-5H3,(H,34,40)(H,35,39)/t19-,26-/m1/s1. The van der Waals surface area contributed by atoms with E-state index in [1.165, 1.54) is 13.1 Å². The topological polar surface area (TPSA) is 151 Å². The van der Waals surface area contributed by atoms with Crippen LogP contribution in [0.2, 0.25) is 25.7 Å². The molecular formula is C31H39N7O5Si. The van der Waals surface area contributed by atoms with Crippen LogP contribution >= 0.6 is 0 Å². The monoisotopic (exact) mass is 617 g/mol. The van der Waals surface area contributed by atoms with Gasteiger partial charge in [0.25, 0.3) is 5.91 Å². The lowest BCUT2D eigenvalue weighted by Crippen LogP contribution is -2.55. The lowest BCUT2D eigenvalue weighted by molar-refractivity contribution is -0.137. The van der Waals surface area contributed by atoms with Gasteiger partial charge in [0.2, 0.25) is 17.7 Å². The Morgan fingerprint density at radius 1 is 1.23 bits per heavy atom. The van der Waals surface area contributed by atoms with Crippen LogP contribution in [0.4, 0.5) is 0 Å². The average molecular weight is 618 g/mol. The smallest absolute Gasteiger partial charge is 0.255 e. The molecule has 13 heteroatoms. The van der Waals surface area contributed by atoms with E-state index in [0.717, 1.165) is 30.0 Å². The van der Waals surface area contributed by atoms with Crippen molar-refractivity contribution in [3.05, 3.63) is 47.3 Å². The zero-order valence-corrected chi connectivity index (χ0v) is 26.8. The van der Waals surface area contributed by atoms with Gasteiger partial charge in [-0.15, -0.1) is 0 Å². The van der Waals surface area contributed by atoms with Gasteiger partial charge < -0.3 is 29.6 Å². The lowest BCUT2D eigenvalue weighted by Gasteiger charge is -2.37. The lowest BCUT2D eigenvalue weighted by atomic mass is 10.0. The van der Waals surface area contributed by atoms with Gasteiger partial charge in [-0.05, 0) is 49.1 Å². The molecule has 0 spiro atoms. The Morgan fingerprint density at radius 3 is 2.70 bits per heavy atom. The van der Waals surface area contributed by atoms with E-state index < -0.39 is 20.0 Å². The number of fused-ring (bicyclic) bond motifs is 2. The van der Waals surface area contributed by atoms with Gasteiger partial charge in [-0.3, -0.25) is 14.4 Å². The van der Waals surface area contributed by atoms with E-state index in [1.807, 2.05) is 18.2 Å². The summed E-state index contributed by atoms with van der Waals surface area (Å²) in [6, 6.07) is 8.03. The number of ether oxygens (including phenoxy) is 2. The molecule has 2 aromatic heterocycles. The fourth-order valence-electron chi connectivity index (χ4n) is 5.40. The Hall–Kier alpha value is -4.28. The van der Waals surface area contributed by atoms with Gasteiger partial charge in [0, 0.05) is 40.9 Å². The molecule has 0 bridgehead atoms. The summed E-state index contributed by atoms with van der Waals surface area (Å²) in [6.07, 6.45) is 4.84. The first-order valence-electron chi connectivity index (χ1n) is 14.9. The Labute approximate surface area is 257 Å². The first-order chi connectivity index (χ1) is 20.9. The molecule has 1 aliphatic carbocycles. The van der Waals surface area contributed by atoms with Gasteiger partial charge >= 0.3 is 0 Å². The number of rotatable bonds is 11. The van der Waals surface area contributed by atoms with Crippen LogP contribution in [0.3, 0.4) is 0 Å². The van der Waals surface area contributed by atoms with Crippen molar-refractivity contribution >= 4 is 37.0 Å². The molecule has 1 aliphatic heterocycles. The molecule has 2 atom stereocenters. The molecule has 3 heterocycles. The van der Waals surface area contributed by atoms with E-state index in [0.29, 0.717) is 36.6 Å². The number of benzene rings is 1. The van der Waals surface area contributed by atoms with Crippen molar-refractivity contribution in [2.24, 2.45) is 5.92 Å². The summed E-state index contributed by atoms with van der Waals surface area (Å²) in [5.41, 5.74) is 3.18. The SMILES string of the molecule is CC(=O)N[C@@H]1CCc2ccc(Oc3cnc4c(n3)c(C(=O)N[C@H](C)C(=O)N3CC(C#N)C3)cn4COCC[Si](C)(C)C)cc21. The second-order valence-corrected chi connectivity index (χ2v) is 18.4. The van der Waals surface area contributed by atoms with Gasteiger partial charge in [0.1, 0.15) is 24.0 Å². The maximum atomic E-state index is 13.5. The van der Waals surface area contributed by atoms with Crippen molar-refractivity contribution in [2.75, 3.05) is 19.7 Å². The van der Waals surface area contributed by atoms with Gasteiger partial charge in [-0.2, -0.15) is 5.26 Å². The summed E-state index contributed by atoms with van der Waals surface area (Å²) >= 11 is 0. The van der Waals surface area contributed by atoms with Crippen molar-refractivity contribution in [3.63, 3.8) is 0 Å². The normalized spacial score (nSPS) is 17.0. The summed E-state index contributed by atoms with van der Waals surface area (Å²) in [5, 5.41) is 14.8. The summed E-state index contributed by atoms with van der Waals surface area (Å²) in [4.78, 5) is 48.8. The molecular weight excluding hydrogens is 578 g/mol. The number of carbonyl (C=O) groups is 3. The Kier molecular flexibility index (Phi) is 9.03. The summed E-state index contributed by atoms with van der Waals surface area (Å²) < 4.78 is 13.8. The molecule has 2 N–H and O–H groups in total. The largest absolute Gasteiger partial charge is 0.437 e. The fraction of sp³-hybridized carbons (Fsp3) is 0.484. The van der Waals surface area contributed by atoms with E-state index in [9.17, 15) is 14.4 Å². The zero-order chi connectivity index (χ0) is 31.6. The van der Waals surface area contributed by atoms with Crippen molar-refractivity contribution < 1.29 is 23.9 Å². The number of likely N-dealkylation sites (tertiary alicyclic amines) is 1. The number of nitrogens with zero attached hydrogens (tertiary/aromatic N) is 5. The zero-order valence-electron chi connectivity index (χ0n) is 25.8. The van der Waals surface area contributed by atoms with E-state index in [2.05, 4.69) is 46.3 Å². The highest BCUT2D eigenvalue weighted by Gasteiger charge is 2.34. The van der Waals surface area contributed by atoms with Crippen molar-refractivity contribution in [1.29, 1.82) is 5.26 Å². The average Bonchev–Trinajstić information content (AvgIpc) is 3.50. The van der Waals surface area contributed by atoms with E-state index in [4.69, 9.17) is 14.7 Å². The predicted molar refractivity (Wildman–Crippen MR) is 166 cm³/mol. The molecule has 44 heavy (non-hydrogen) atoms. The van der Waals surface area contributed by atoms with Crippen LogP contribution in [-0.4, -0.2) is 71.0 Å². The molecule has 0 radical (unpaired) electrons. The van der Waals surface area contributed by atoms with Gasteiger partial charge in [0.15, 0.2) is 5.65 Å². The number of nitriles is 1. The number of aromatic nitrogens is 3. The number of carbonyl (C=O) groups excluding carboxylic acids is 3. The third-order valence-electron chi connectivity index (χ3n) is 7.90. The second-order valence-electron chi connectivity index (χ2n) is 12.8. The maximum Gasteiger partial charge on any atom is 0.255 e. The maximum absolute atomic E-state index is 13.5. The van der Waals surface area contributed by atoms with Crippen LogP contribution in [0.1, 0.15) is 47.8 Å². The fourth-order valence-corrected chi connectivity index (χ4v) is 6.16. The van der Waals surface area contributed by atoms with Crippen LogP contribution in [0, 0.1) is 17.2 Å². The van der Waals surface area contributed by atoms with E-state index in [-0.39, 0.29) is 41.9 Å². The number of aryl methyl sites for hydroxylation is 1. The third kappa shape index (κ3) is 7.08. The number of hydrogen-bond donors (Lipinski definition) is 2. The van der Waals surface area contributed by atoms with Crippen LogP contribution < -0.4 is 15.4 Å². The summed E-state index contributed by atoms with van der Waals surface area (Å²) in [5.74, 6) is -0.234. The van der Waals surface area contributed by atoms with Gasteiger partial charge in [-0.1, -0.05) is 25.7 Å². The van der Waals surface area contributed by atoms with Crippen molar-refractivity contribution in [3.8, 4) is 17.7 Å². The Balaban J connectivity index is 1.38. The highest BCUT2D eigenvalue weighted by Crippen LogP contribution is 2.35. The van der Waals surface area contributed by atoms with Crippen LogP contribution in [0.5, 0.6) is 11.6 Å². The highest BCUT2D eigenvalue weighted by atomic mass is 28.3. The third-order valence-corrected chi connectivity index (χ3v) is 9.61. The molecule has 0 unspecified atom stereocenters. The number of amides is 3. The number of nitrogens with one attached hydrogen (secondary N) is 2. The van der Waals surface area contributed by atoms with Crippen LogP contribution in [0.15, 0.2) is 30.6 Å². The molecule has 0 saturated carbocycles. The minimum Gasteiger partial charge on any atom is -0.437 e. The molecule has 5 rings (SSSR count). The molecule has 1 fully saturated rings. The first kappa shape index (κ1) is 31.2. The molecule has 3 amide bonds. The van der Waals surface area contributed by atoms with Crippen LogP contribution in [0.25, 0.3) is 11.2 Å². The van der Waals surface area contributed by atoms with E-state index >= 15 is 0 Å². The van der Waals surface area contributed by atoms with Crippen LogP contribution in [-0.2, 0) is 27.5 Å². The molecule has 1 aromatic carbocycles. The van der Waals surface area contributed by atoms with Crippen molar-refractivity contribution in [1.82, 2.24) is 30.1 Å². The minimum atomic E-state index is -1.29. The first-order valence-corrected chi connectivity index (χ1v) is 18.6.